The quantitative estimate of drug-likeness (QED) is 0.709. The second-order valence-electron chi connectivity index (χ2n) is 9.37. The van der Waals surface area contributed by atoms with Crippen LogP contribution >= 0.6 is 0 Å². The number of likely N-dealkylation sites (tertiary alicyclic amines) is 1. The maximum Gasteiger partial charge on any atom is 0.167 e. The molecule has 1 saturated heterocycles. The van der Waals surface area contributed by atoms with Crippen molar-refractivity contribution in [2.75, 3.05) is 13.1 Å². The fraction of sp³-hybridized carbons (Fsp3) is 0.500. The number of carbonyl (C=O) groups excluding carboxylic acids is 1. The van der Waals surface area contributed by atoms with Gasteiger partial charge in [0.25, 0.3) is 0 Å². The van der Waals surface area contributed by atoms with Crippen molar-refractivity contribution in [3.63, 3.8) is 0 Å². The molecule has 1 N–H and O–H groups in total. The Labute approximate surface area is 174 Å². The van der Waals surface area contributed by atoms with Gasteiger partial charge in [0.15, 0.2) is 5.78 Å². The molecule has 1 heterocycles. The van der Waals surface area contributed by atoms with Crippen molar-refractivity contribution in [2.24, 2.45) is 0 Å². The summed E-state index contributed by atoms with van der Waals surface area (Å²) in [5.41, 5.74) is 4.48. The molecule has 29 heavy (non-hydrogen) atoms. The highest BCUT2D eigenvalue weighted by Gasteiger charge is 2.40. The molecule has 0 radical (unpaired) electrons. The molecule has 2 unspecified atom stereocenters. The van der Waals surface area contributed by atoms with E-state index in [-0.39, 0.29) is 5.78 Å². The zero-order valence-corrected chi connectivity index (χ0v) is 17.4. The van der Waals surface area contributed by atoms with Crippen LogP contribution in [-0.2, 0) is 6.42 Å². The molecule has 2 aromatic carbocycles. The van der Waals surface area contributed by atoms with Gasteiger partial charge in [-0.1, -0.05) is 48.0 Å². The van der Waals surface area contributed by atoms with Crippen LogP contribution in [0.3, 0.4) is 0 Å². The van der Waals surface area contributed by atoms with Crippen molar-refractivity contribution in [3.05, 3.63) is 70.8 Å². The zero-order valence-electron chi connectivity index (χ0n) is 17.4. The lowest BCUT2D eigenvalue weighted by atomic mass is 10.00. The molecule has 152 valence electrons. The maximum absolute atomic E-state index is 12.5. The van der Waals surface area contributed by atoms with Crippen LogP contribution in [0.25, 0.3) is 0 Å². The van der Waals surface area contributed by atoms with E-state index in [1.54, 1.807) is 0 Å². The predicted octanol–water partition coefficient (Wildman–Crippen LogP) is 4.49. The highest BCUT2D eigenvalue weighted by Crippen LogP contribution is 2.41. The number of Topliss-reactive ketones (excluding diaryl/α,β-unsaturated/α-hetero) is 1. The smallest absolute Gasteiger partial charge is 0.167 e. The van der Waals surface area contributed by atoms with Crippen LogP contribution in [0.15, 0.2) is 48.5 Å². The Bertz CT molecular complexity index is 863. The molecule has 3 heteroatoms. The summed E-state index contributed by atoms with van der Waals surface area (Å²) in [5, 5.41) is 3.91. The number of ketones is 1. The minimum Gasteiger partial charge on any atom is -0.311 e. The molecule has 2 saturated carbocycles. The van der Waals surface area contributed by atoms with Crippen LogP contribution in [0.1, 0.15) is 65.1 Å². The van der Waals surface area contributed by atoms with Gasteiger partial charge in [0.2, 0.25) is 0 Å². The summed E-state index contributed by atoms with van der Waals surface area (Å²) in [5.74, 6) is 0.850. The highest BCUT2D eigenvalue weighted by molar-refractivity contribution is 5.97. The Kier molecular flexibility index (Phi) is 5.28. The molecule has 2 atom stereocenters. The second kappa shape index (κ2) is 8.04. The number of hydrogen-bond acceptors (Lipinski definition) is 3. The molecule has 0 amide bonds. The van der Waals surface area contributed by atoms with Gasteiger partial charge in [-0.25, -0.2) is 0 Å². The average molecular weight is 389 g/mol. The van der Waals surface area contributed by atoms with Crippen LogP contribution in [0.4, 0.5) is 0 Å². The van der Waals surface area contributed by atoms with Gasteiger partial charge in [-0.15, -0.1) is 0 Å². The molecule has 0 bridgehead atoms. The van der Waals surface area contributed by atoms with Gasteiger partial charge in [-0.2, -0.15) is 0 Å². The fourth-order valence-electron chi connectivity index (χ4n) is 4.91. The Balaban J connectivity index is 1.11. The first kappa shape index (κ1) is 19.0. The molecule has 3 aliphatic rings. The number of benzene rings is 2. The van der Waals surface area contributed by atoms with Crippen molar-refractivity contribution < 1.29 is 4.79 Å². The van der Waals surface area contributed by atoms with Crippen LogP contribution < -0.4 is 5.32 Å². The lowest BCUT2D eigenvalue weighted by Gasteiger charge is -2.32. The van der Waals surface area contributed by atoms with E-state index in [9.17, 15) is 4.79 Å². The van der Waals surface area contributed by atoms with Gasteiger partial charge in [0.05, 0.1) is 0 Å². The van der Waals surface area contributed by atoms with E-state index in [0.29, 0.717) is 24.4 Å². The van der Waals surface area contributed by atoms with Crippen LogP contribution in [0.5, 0.6) is 0 Å². The molecule has 2 aromatic rings. The summed E-state index contributed by atoms with van der Waals surface area (Å²) < 4.78 is 0. The van der Waals surface area contributed by atoms with Gasteiger partial charge >= 0.3 is 0 Å². The maximum atomic E-state index is 12.5. The zero-order chi connectivity index (χ0) is 19.8. The topological polar surface area (TPSA) is 32.3 Å². The molecular formula is C26H32N2O. The molecule has 0 aromatic heterocycles. The number of nitrogens with one attached hydrogen (secondary N) is 1. The predicted molar refractivity (Wildman–Crippen MR) is 118 cm³/mol. The van der Waals surface area contributed by atoms with Crippen LogP contribution in [0, 0.1) is 6.92 Å². The van der Waals surface area contributed by atoms with E-state index in [2.05, 4.69) is 34.5 Å². The summed E-state index contributed by atoms with van der Waals surface area (Å²) in [4.78, 5) is 15.2. The van der Waals surface area contributed by atoms with Gasteiger partial charge in [0.1, 0.15) is 0 Å². The van der Waals surface area contributed by atoms with E-state index in [4.69, 9.17) is 0 Å². The number of aryl methyl sites for hydroxylation is 1. The fourth-order valence-corrected chi connectivity index (χ4v) is 4.91. The van der Waals surface area contributed by atoms with Crippen molar-refractivity contribution >= 4 is 5.78 Å². The van der Waals surface area contributed by atoms with E-state index in [1.807, 2.05) is 31.2 Å². The third-order valence-electron chi connectivity index (χ3n) is 6.95. The number of carbonyl (C=O) groups is 1. The lowest BCUT2D eigenvalue weighted by Crippen LogP contribution is -2.44. The van der Waals surface area contributed by atoms with E-state index < -0.39 is 0 Å². The number of piperidine rings is 1. The standard InChI is InChI=1S/C26H32N2O/c1-18-3-2-4-21(15-18)26(29)16-19-5-7-20(8-6-19)24-17-25(24)27-22-11-13-28(14-12-22)23-9-10-23/h2-8,15,22-25,27H,9-14,16-17H2,1H3. The summed E-state index contributed by atoms with van der Waals surface area (Å²) in [6.45, 7) is 4.59. The van der Waals surface area contributed by atoms with Gasteiger partial charge in [-0.05, 0) is 69.3 Å². The number of rotatable bonds is 7. The van der Waals surface area contributed by atoms with E-state index >= 15 is 0 Å². The Morgan fingerprint density at radius 1 is 1.03 bits per heavy atom. The van der Waals surface area contributed by atoms with Crippen molar-refractivity contribution in [1.82, 2.24) is 10.2 Å². The molecule has 2 aliphatic carbocycles. The van der Waals surface area contributed by atoms with Crippen molar-refractivity contribution in [1.29, 1.82) is 0 Å². The normalized spacial score (nSPS) is 25.1. The van der Waals surface area contributed by atoms with E-state index in [1.165, 1.54) is 50.8 Å². The molecule has 1 aliphatic heterocycles. The SMILES string of the molecule is Cc1cccc(C(=O)Cc2ccc(C3CC3NC3CCN(C4CC4)CC3)cc2)c1. The van der Waals surface area contributed by atoms with Crippen molar-refractivity contribution in [2.45, 2.75) is 69.5 Å². The first-order valence-corrected chi connectivity index (χ1v) is 11.3. The third kappa shape index (κ3) is 4.62. The first-order valence-electron chi connectivity index (χ1n) is 11.3. The number of hydrogen-bond donors (Lipinski definition) is 1. The van der Waals surface area contributed by atoms with Gasteiger partial charge in [0, 0.05) is 36.0 Å². The largest absolute Gasteiger partial charge is 0.311 e. The summed E-state index contributed by atoms with van der Waals surface area (Å²) in [6, 6.07) is 18.9. The van der Waals surface area contributed by atoms with Gasteiger partial charge < -0.3 is 10.2 Å². The van der Waals surface area contributed by atoms with Gasteiger partial charge in [-0.3, -0.25) is 4.79 Å². The number of nitrogens with zero attached hydrogens (tertiary/aromatic N) is 1. The summed E-state index contributed by atoms with van der Waals surface area (Å²) in [6.07, 6.45) is 7.20. The Morgan fingerprint density at radius 2 is 1.79 bits per heavy atom. The Morgan fingerprint density at radius 3 is 2.48 bits per heavy atom. The highest BCUT2D eigenvalue weighted by atomic mass is 16.1. The molecular weight excluding hydrogens is 356 g/mol. The van der Waals surface area contributed by atoms with Crippen LogP contribution in [0.2, 0.25) is 0 Å². The minimum absolute atomic E-state index is 0.199. The van der Waals surface area contributed by atoms with Crippen molar-refractivity contribution in [3.8, 4) is 0 Å². The molecule has 3 fully saturated rings. The lowest BCUT2D eigenvalue weighted by molar-refractivity contribution is 0.0993. The average Bonchev–Trinajstić information content (AvgIpc) is 3.65. The Hall–Kier alpha value is -1.97. The molecule has 5 rings (SSSR count). The summed E-state index contributed by atoms with van der Waals surface area (Å²) in [7, 11) is 0. The third-order valence-corrected chi connectivity index (χ3v) is 6.95. The monoisotopic (exact) mass is 388 g/mol. The minimum atomic E-state index is 0.199. The first-order chi connectivity index (χ1) is 14.2. The van der Waals surface area contributed by atoms with E-state index in [0.717, 1.165) is 22.7 Å². The van der Waals surface area contributed by atoms with Crippen LogP contribution in [-0.4, -0.2) is 41.9 Å². The second-order valence-corrected chi connectivity index (χ2v) is 9.37. The molecule has 0 spiro atoms. The molecule has 3 nitrogen and oxygen atoms in total. The summed E-state index contributed by atoms with van der Waals surface area (Å²) >= 11 is 0.